The molecule has 48 valence electrons. The molecule has 0 N–H and O–H groups in total. The molecule has 2 heteroatoms. The Labute approximate surface area is 49.8 Å². The summed E-state index contributed by atoms with van der Waals surface area (Å²) in [7, 11) is 0. The van der Waals surface area contributed by atoms with Crippen LogP contribution in [0.4, 0.5) is 0 Å². The van der Waals surface area contributed by atoms with Crippen molar-refractivity contribution < 1.29 is 9.47 Å². The topological polar surface area (TPSA) is 18.5 Å². The molecule has 0 aromatic carbocycles. The normalized spacial score (nSPS) is 24.0. The third-order valence-electron chi connectivity index (χ3n) is 1.15. The van der Waals surface area contributed by atoms with Crippen LogP contribution in [-0.4, -0.2) is 26.4 Å². The highest BCUT2D eigenvalue weighted by atomic mass is 16.5. The summed E-state index contributed by atoms with van der Waals surface area (Å²) >= 11 is 0. The average molecular weight is 116 g/mol. The molecular weight excluding hydrogens is 104 g/mol. The van der Waals surface area contributed by atoms with E-state index in [1.807, 2.05) is 0 Å². The first-order valence-corrected chi connectivity index (χ1v) is 3.15. The van der Waals surface area contributed by atoms with Crippen LogP contribution >= 0.6 is 0 Å². The van der Waals surface area contributed by atoms with Crippen LogP contribution in [0.5, 0.6) is 0 Å². The molecule has 0 amide bonds. The van der Waals surface area contributed by atoms with Crippen LogP contribution in [0.2, 0.25) is 0 Å². The zero-order valence-corrected chi connectivity index (χ0v) is 5.06. The van der Waals surface area contributed by atoms with E-state index >= 15 is 0 Å². The Balaban J connectivity index is 2.00. The van der Waals surface area contributed by atoms with Gasteiger partial charge in [-0.25, -0.2) is 0 Å². The second kappa shape index (κ2) is 3.87. The number of hydrogen-bond acceptors (Lipinski definition) is 2. The molecule has 1 heterocycles. The Morgan fingerprint density at radius 3 is 1.38 bits per heavy atom. The van der Waals surface area contributed by atoms with Gasteiger partial charge in [-0.1, -0.05) is 0 Å². The molecule has 0 spiro atoms. The van der Waals surface area contributed by atoms with Crippen molar-refractivity contribution >= 4 is 0 Å². The lowest BCUT2D eigenvalue weighted by molar-refractivity contribution is 0.0368. The summed E-state index contributed by atoms with van der Waals surface area (Å²) in [4.78, 5) is 0. The van der Waals surface area contributed by atoms with Crippen LogP contribution in [0.15, 0.2) is 0 Å². The van der Waals surface area contributed by atoms with Gasteiger partial charge >= 0.3 is 0 Å². The van der Waals surface area contributed by atoms with E-state index in [2.05, 4.69) is 0 Å². The minimum Gasteiger partial charge on any atom is -0.381 e. The van der Waals surface area contributed by atoms with Crippen LogP contribution in [0.25, 0.3) is 0 Å². The largest absolute Gasteiger partial charge is 0.381 e. The summed E-state index contributed by atoms with van der Waals surface area (Å²) < 4.78 is 10.4. The van der Waals surface area contributed by atoms with Gasteiger partial charge in [-0.3, -0.25) is 0 Å². The molecule has 1 fully saturated rings. The van der Waals surface area contributed by atoms with Crippen LogP contribution < -0.4 is 0 Å². The number of ether oxygens (including phenoxy) is 2. The van der Waals surface area contributed by atoms with E-state index in [1.54, 1.807) is 0 Å². The maximum absolute atomic E-state index is 5.19. The van der Waals surface area contributed by atoms with Gasteiger partial charge in [-0.2, -0.15) is 0 Å². The van der Waals surface area contributed by atoms with E-state index in [9.17, 15) is 0 Å². The standard InChI is InChI=1S/C6H12O2/c1-3-7-5-2-6-8-4-1/h1-6H2. The Kier molecular flexibility index (Phi) is 2.92. The molecule has 0 aliphatic carbocycles. The molecule has 1 aliphatic rings. The van der Waals surface area contributed by atoms with Gasteiger partial charge in [-0.15, -0.1) is 0 Å². The van der Waals surface area contributed by atoms with Crippen molar-refractivity contribution in [2.45, 2.75) is 12.8 Å². The lowest BCUT2D eigenvalue weighted by Gasteiger charge is -2.08. The molecule has 1 saturated heterocycles. The summed E-state index contributed by atoms with van der Waals surface area (Å²) in [5.74, 6) is 0. The maximum Gasteiger partial charge on any atom is 0.0488 e. The second-order valence-corrected chi connectivity index (χ2v) is 1.93. The van der Waals surface area contributed by atoms with Gasteiger partial charge in [0.15, 0.2) is 0 Å². The highest BCUT2D eigenvalue weighted by Gasteiger charge is 1.94. The SMILES string of the molecule is C1COCCCOC1. The highest BCUT2D eigenvalue weighted by molar-refractivity contribution is 4.41. The van der Waals surface area contributed by atoms with Crippen LogP contribution in [-0.2, 0) is 9.47 Å². The van der Waals surface area contributed by atoms with Crippen molar-refractivity contribution in [3.8, 4) is 0 Å². The molecular formula is C6H12O2. The molecule has 0 atom stereocenters. The summed E-state index contributed by atoms with van der Waals surface area (Å²) in [5, 5.41) is 0. The fourth-order valence-corrected chi connectivity index (χ4v) is 0.730. The quantitative estimate of drug-likeness (QED) is 0.466. The molecule has 0 bridgehead atoms. The van der Waals surface area contributed by atoms with Gasteiger partial charge < -0.3 is 9.47 Å². The Morgan fingerprint density at radius 2 is 1.00 bits per heavy atom. The van der Waals surface area contributed by atoms with Crippen molar-refractivity contribution in [3.05, 3.63) is 0 Å². The zero-order valence-electron chi connectivity index (χ0n) is 5.06. The minimum atomic E-state index is 0.875. The minimum absolute atomic E-state index is 0.875. The summed E-state index contributed by atoms with van der Waals surface area (Å²) in [6.45, 7) is 3.50. The summed E-state index contributed by atoms with van der Waals surface area (Å²) in [6, 6.07) is 0. The number of hydrogen-bond donors (Lipinski definition) is 0. The van der Waals surface area contributed by atoms with Crippen molar-refractivity contribution in [1.29, 1.82) is 0 Å². The second-order valence-electron chi connectivity index (χ2n) is 1.93. The summed E-state index contributed by atoms with van der Waals surface area (Å²) in [6.07, 6.45) is 2.11. The maximum atomic E-state index is 5.19. The van der Waals surface area contributed by atoms with Crippen molar-refractivity contribution in [3.63, 3.8) is 0 Å². The van der Waals surface area contributed by atoms with E-state index in [0.29, 0.717) is 0 Å². The van der Waals surface area contributed by atoms with E-state index in [1.165, 1.54) is 0 Å². The van der Waals surface area contributed by atoms with E-state index in [0.717, 1.165) is 39.3 Å². The van der Waals surface area contributed by atoms with Gasteiger partial charge in [0.05, 0.1) is 0 Å². The Morgan fingerprint density at radius 1 is 0.625 bits per heavy atom. The predicted molar refractivity (Wildman–Crippen MR) is 30.9 cm³/mol. The lowest BCUT2D eigenvalue weighted by atomic mass is 10.4. The molecule has 0 saturated carbocycles. The van der Waals surface area contributed by atoms with Crippen LogP contribution in [0.3, 0.4) is 0 Å². The van der Waals surface area contributed by atoms with Crippen molar-refractivity contribution in [1.82, 2.24) is 0 Å². The molecule has 1 rings (SSSR count). The average Bonchev–Trinajstić information content (AvgIpc) is 1.62. The van der Waals surface area contributed by atoms with Gasteiger partial charge in [0.1, 0.15) is 0 Å². The smallest absolute Gasteiger partial charge is 0.0488 e. The Bertz CT molecular complexity index is 30.5. The third kappa shape index (κ3) is 2.28. The fourth-order valence-electron chi connectivity index (χ4n) is 0.730. The fraction of sp³-hybridized carbons (Fsp3) is 1.00. The highest BCUT2D eigenvalue weighted by Crippen LogP contribution is 1.93. The lowest BCUT2D eigenvalue weighted by Crippen LogP contribution is -2.09. The van der Waals surface area contributed by atoms with Gasteiger partial charge in [0.2, 0.25) is 0 Å². The molecule has 0 aromatic heterocycles. The molecule has 0 unspecified atom stereocenters. The summed E-state index contributed by atoms with van der Waals surface area (Å²) in [5.41, 5.74) is 0. The first kappa shape index (κ1) is 6.05. The van der Waals surface area contributed by atoms with Gasteiger partial charge in [0, 0.05) is 26.4 Å². The monoisotopic (exact) mass is 116 g/mol. The van der Waals surface area contributed by atoms with Crippen LogP contribution in [0.1, 0.15) is 12.8 Å². The Hall–Kier alpha value is -0.0800. The van der Waals surface area contributed by atoms with Crippen LogP contribution in [0, 0.1) is 0 Å². The zero-order chi connectivity index (χ0) is 5.66. The van der Waals surface area contributed by atoms with E-state index in [4.69, 9.17) is 9.47 Å². The van der Waals surface area contributed by atoms with E-state index in [-0.39, 0.29) is 0 Å². The predicted octanol–water partition coefficient (Wildman–Crippen LogP) is 0.813. The molecule has 2 nitrogen and oxygen atoms in total. The molecule has 0 radical (unpaired) electrons. The molecule has 8 heavy (non-hydrogen) atoms. The van der Waals surface area contributed by atoms with Gasteiger partial charge in [-0.05, 0) is 12.8 Å². The molecule has 0 aromatic rings. The van der Waals surface area contributed by atoms with Crippen molar-refractivity contribution in [2.24, 2.45) is 0 Å². The first-order chi connectivity index (χ1) is 4.00. The van der Waals surface area contributed by atoms with E-state index < -0.39 is 0 Å². The molecule has 1 aliphatic heterocycles. The van der Waals surface area contributed by atoms with Gasteiger partial charge in [0.25, 0.3) is 0 Å². The first-order valence-electron chi connectivity index (χ1n) is 3.15. The van der Waals surface area contributed by atoms with Crippen molar-refractivity contribution in [2.75, 3.05) is 26.4 Å². The third-order valence-corrected chi connectivity index (χ3v) is 1.15. The number of rotatable bonds is 0.